The van der Waals surface area contributed by atoms with Crippen LogP contribution >= 0.6 is 0 Å². The molecule has 1 aromatic rings. The average molecular weight is 207 g/mol. The Morgan fingerprint density at radius 3 is 2.93 bits per heavy atom. The Bertz CT molecular complexity index is 372. The van der Waals surface area contributed by atoms with Crippen molar-refractivity contribution in [2.45, 2.75) is 30.9 Å². The summed E-state index contributed by atoms with van der Waals surface area (Å²) in [5, 5.41) is 14.7. The van der Waals surface area contributed by atoms with E-state index in [0.29, 0.717) is 0 Å². The summed E-state index contributed by atoms with van der Waals surface area (Å²) >= 11 is 0. The van der Waals surface area contributed by atoms with E-state index in [9.17, 15) is 5.11 Å². The van der Waals surface area contributed by atoms with E-state index < -0.39 is 5.60 Å². The molecule has 2 heterocycles. The normalized spacial score (nSPS) is 32.4. The van der Waals surface area contributed by atoms with E-state index in [1.165, 1.54) is 12.8 Å². The number of aliphatic hydroxyl groups is 1. The third-order valence-electron chi connectivity index (χ3n) is 3.64. The van der Waals surface area contributed by atoms with E-state index in [1.54, 1.807) is 10.9 Å². The molecule has 82 valence electrons. The summed E-state index contributed by atoms with van der Waals surface area (Å²) in [5.74, 6) is 0. The van der Waals surface area contributed by atoms with Gasteiger partial charge in [-0.2, -0.15) is 5.10 Å². The molecule has 2 fully saturated rings. The fraction of sp³-hybridized carbons (Fsp3) is 0.727. The van der Waals surface area contributed by atoms with Gasteiger partial charge in [-0.3, -0.25) is 9.58 Å². The van der Waals surface area contributed by atoms with Crippen molar-refractivity contribution in [3.8, 4) is 0 Å². The van der Waals surface area contributed by atoms with Gasteiger partial charge in [0.2, 0.25) is 0 Å². The molecular formula is C11H17N3O. The highest BCUT2D eigenvalue weighted by Crippen LogP contribution is 2.37. The van der Waals surface area contributed by atoms with Crippen LogP contribution in [0.1, 0.15) is 25.0 Å². The van der Waals surface area contributed by atoms with Crippen molar-refractivity contribution in [1.29, 1.82) is 0 Å². The van der Waals surface area contributed by atoms with Gasteiger partial charge in [-0.15, -0.1) is 0 Å². The molecule has 1 atom stereocenters. The molecule has 1 N–H and O–H groups in total. The third-order valence-corrected chi connectivity index (χ3v) is 3.64. The van der Waals surface area contributed by atoms with E-state index in [0.717, 1.165) is 31.2 Å². The lowest BCUT2D eigenvalue weighted by Crippen LogP contribution is -2.33. The number of β-amino-alcohol motifs (C(OH)–C–C–N with tert-alkyl or cyclic N) is 1. The molecule has 4 heteroatoms. The van der Waals surface area contributed by atoms with Gasteiger partial charge in [0, 0.05) is 32.4 Å². The number of aryl methyl sites for hydroxylation is 1. The Morgan fingerprint density at radius 2 is 2.33 bits per heavy atom. The zero-order valence-corrected chi connectivity index (χ0v) is 9.06. The van der Waals surface area contributed by atoms with Crippen molar-refractivity contribution in [3.05, 3.63) is 18.0 Å². The lowest BCUT2D eigenvalue weighted by molar-refractivity contribution is 0.0371. The molecule has 1 aliphatic heterocycles. The summed E-state index contributed by atoms with van der Waals surface area (Å²) in [6.07, 6.45) is 5.21. The number of hydrogen-bond donors (Lipinski definition) is 1. The maximum atomic E-state index is 10.6. The fourth-order valence-electron chi connectivity index (χ4n) is 2.61. The van der Waals surface area contributed by atoms with Crippen LogP contribution in [0, 0.1) is 0 Å². The van der Waals surface area contributed by atoms with E-state index in [2.05, 4.69) is 10.00 Å². The molecule has 0 aromatic carbocycles. The predicted octanol–water partition coefficient (Wildman–Crippen LogP) is 0.476. The molecule has 1 saturated heterocycles. The van der Waals surface area contributed by atoms with Gasteiger partial charge in [0.1, 0.15) is 5.60 Å². The van der Waals surface area contributed by atoms with Crippen LogP contribution in [0.3, 0.4) is 0 Å². The minimum Gasteiger partial charge on any atom is -0.382 e. The molecule has 2 aliphatic rings. The van der Waals surface area contributed by atoms with Gasteiger partial charge in [0.05, 0.1) is 5.69 Å². The lowest BCUT2D eigenvalue weighted by atomic mass is 9.99. The largest absolute Gasteiger partial charge is 0.382 e. The summed E-state index contributed by atoms with van der Waals surface area (Å²) in [6, 6.07) is 2.67. The van der Waals surface area contributed by atoms with Gasteiger partial charge in [-0.05, 0) is 25.3 Å². The van der Waals surface area contributed by atoms with Crippen LogP contribution in [-0.4, -0.2) is 38.9 Å². The molecule has 0 amide bonds. The minimum atomic E-state index is -0.673. The smallest absolute Gasteiger partial charge is 0.120 e. The highest BCUT2D eigenvalue weighted by molar-refractivity contribution is 5.15. The second-order valence-corrected chi connectivity index (χ2v) is 4.82. The number of nitrogens with zero attached hydrogens (tertiary/aromatic N) is 3. The molecule has 1 saturated carbocycles. The maximum Gasteiger partial charge on any atom is 0.120 e. The predicted molar refractivity (Wildman–Crippen MR) is 56.3 cm³/mol. The third kappa shape index (κ3) is 1.48. The standard InChI is InChI=1S/C11H17N3O/c1-13-10(4-6-12-13)11(15)5-7-14(8-11)9-2-3-9/h4,6,9,15H,2-3,5,7-8H2,1H3. The molecule has 1 unspecified atom stereocenters. The summed E-state index contributed by atoms with van der Waals surface area (Å²) in [5.41, 5.74) is 0.277. The summed E-state index contributed by atoms with van der Waals surface area (Å²) in [4.78, 5) is 2.41. The molecule has 1 aliphatic carbocycles. The molecule has 4 nitrogen and oxygen atoms in total. The van der Waals surface area contributed by atoms with Crippen LogP contribution in [0.2, 0.25) is 0 Å². The van der Waals surface area contributed by atoms with Crippen molar-refractivity contribution in [1.82, 2.24) is 14.7 Å². The fourth-order valence-corrected chi connectivity index (χ4v) is 2.61. The number of aromatic nitrogens is 2. The first-order chi connectivity index (χ1) is 7.19. The molecule has 0 radical (unpaired) electrons. The average Bonchev–Trinajstić information content (AvgIpc) is 2.85. The van der Waals surface area contributed by atoms with Gasteiger partial charge < -0.3 is 5.11 Å². The van der Waals surface area contributed by atoms with E-state index in [-0.39, 0.29) is 0 Å². The van der Waals surface area contributed by atoms with Crippen LogP contribution < -0.4 is 0 Å². The maximum absolute atomic E-state index is 10.6. The number of rotatable bonds is 2. The molecule has 3 rings (SSSR count). The Labute approximate surface area is 89.5 Å². The molecule has 15 heavy (non-hydrogen) atoms. The van der Waals surface area contributed by atoms with Gasteiger partial charge in [-0.1, -0.05) is 0 Å². The first kappa shape index (κ1) is 9.36. The minimum absolute atomic E-state index is 0.673. The summed E-state index contributed by atoms with van der Waals surface area (Å²) in [7, 11) is 1.90. The van der Waals surface area contributed by atoms with E-state index >= 15 is 0 Å². The first-order valence-electron chi connectivity index (χ1n) is 5.64. The molecular weight excluding hydrogens is 190 g/mol. The highest BCUT2D eigenvalue weighted by Gasteiger charge is 2.44. The van der Waals surface area contributed by atoms with Crippen LogP contribution in [0.15, 0.2) is 12.3 Å². The molecule has 0 bridgehead atoms. The van der Waals surface area contributed by atoms with E-state index in [1.807, 2.05) is 13.1 Å². The Hall–Kier alpha value is -0.870. The lowest BCUT2D eigenvalue weighted by Gasteiger charge is -2.23. The van der Waals surface area contributed by atoms with Crippen molar-refractivity contribution in [3.63, 3.8) is 0 Å². The molecule has 1 aromatic heterocycles. The van der Waals surface area contributed by atoms with Crippen molar-refractivity contribution in [2.75, 3.05) is 13.1 Å². The van der Waals surface area contributed by atoms with Crippen LogP contribution in [-0.2, 0) is 12.6 Å². The van der Waals surface area contributed by atoms with Crippen molar-refractivity contribution >= 4 is 0 Å². The number of likely N-dealkylation sites (tertiary alicyclic amines) is 1. The second-order valence-electron chi connectivity index (χ2n) is 4.82. The van der Waals surface area contributed by atoms with E-state index in [4.69, 9.17) is 0 Å². The zero-order valence-electron chi connectivity index (χ0n) is 9.06. The van der Waals surface area contributed by atoms with Gasteiger partial charge in [0.15, 0.2) is 0 Å². The van der Waals surface area contributed by atoms with Gasteiger partial charge in [0.25, 0.3) is 0 Å². The Balaban J connectivity index is 1.83. The Kier molecular flexibility index (Phi) is 1.91. The SMILES string of the molecule is Cn1nccc1C1(O)CCN(C2CC2)C1. The quantitative estimate of drug-likeness (QED) is 0.766. The van der Waals surface area contributed by atoms with Gasteiger partial charge >= 0.3 is 0 Å². The molecule has 0 spiro atoms. The summed E-state index contributed by atoms with van der Waals surface area (Å²) < 4.78 is 1.79. The highest BCUT2D eigenvalue weighted by atomic mass is 16.3. The zero-order chi connectivity index (χ0) is 10.5. The number of hydrogen-bond acceptors (Lipinski definition) is 3. The topological polar surface area (TPSA) is 41.3 Å². The van der Waals surface area contributed by atoms with Crippen molar-refractivity contribution < 1.29 is 5.11 Å². The first-order valence-corrected chi connectivity index (χ1v) is 5.64. The van der Waals surface area contributed by atoms with Crippen LogP contribution in [0.4, 0.5) is 0 Å². The van der Waals surface area contributed by atoms with Crippen molar-refractivity contribution in [2.24, 2.45) is 7.05 Å². The monoisotopic (exact) mass is 207 g/mol. The Morgan fingerprint density at radius 1 is 1.53 bits per heavy atom. The van der Waals surface area contributed by atoms with Gasteiger partial charge in [-0.25, -0.2) is 0 Å². The summed E-state index contributed by atoms with van der Waals surface area (Å²) in [6.45, 7) is 1.80. The second kappa shape index (κ2) is 3.06. The van der Waals surface area contributed by atoms with Crippen LogP contribution in [0.25, 0.3) is 0 Å². The van der Waals surface area contributed by atoms with Crippen LogP contribution in [0.5, 0.6) is 0 Å².